The van der Waals surface area contributed by atoms with E-state index in [0.29, 0.717) is 12.1 Å². The molecule has 7 heteroatoms. The summed E-state index contributed by atoms with van der Waals surface area (Å²) < 4.78 is 20.1. The van der Waals surface area contributed by atoms with Crippen molar-refractivity contribution in [3.05, 3.63) is 47.5 Å². The van der Waals surface area contributed by atoms with Crippen LogP contribution >= 0.6 is 0 Å². The van der Waals surface area contributed by atoms with Gasteiger partial charge in [0.1, 0.15) is 17.5 Å². The van der Waals surface area contributed by atoms with Crippen LogP contribution in [-0.4, -0.2) is 34.8 Å². The van der Waals surface area contributed by atoms with Gasteiger partial charge in [-0.25, -0.2) is 13.9 Å². The van der Waals surface area contributed by atoms with E-state index in [0.717, 1.165) is 0 Å². The van der Waals surface area contributed by atoms with Crippen LogP contribution in [0.2, 0.25) is 0 Å². The van der Waals surface area contributed by atoms with Crippen LogP contribution in [0.3, 0.4) is 0 Å². The van der Waals surface area contributed by atoms with Gasteiger partial charge in [0.2, 0.25) is 0 Å². The van der Waals surface area contributed by atoms with Crippen LogP contribution in [0.1, 0.15) is 36.3 Å². The molecule has 0 aliphatic heterocycles. The molecule has 1 amide bonds. The van der Waals surface area contributed by atoms with Crippen LogP contribution in [-0.2, 0) is 9.53 Å². The first kappa shape index (κ1) is 18.6. The van der Waals surface area contributed by atoms with E-state index in [1.54, 1.807) is 25.1 Å². The zero-order chi connectivity index (χ0) is 18.6. The first-order valence-electron chi connectivity index (χ1n) is 8.03. The Balaban J connectivity index is 2.25. The van der Waals surface area contributed by atoms with E-state index in [4.69, 9.17) is 4.74 Å². The largest absolute Gasteiger partial charge is 0.467 e. The number of halogens is 1. The second-order valence-electron chi connectivity index (χ2n) is 6.19. The molecule has 0 radical (unpaired) electrons. The van der Waals surface area contributed by atoms with Crippen LogP contribution < -0.4 is 5.32 Å². The van der Waals surface area contributed by atoms with Crippen molar-refractivity contribution in [1.82, 2.24) is 15.1 Å². The van der Waals surface area contributed by atoms with E-state index < -0.39 is 23.7 Å². The number of carbonyl (C=O) groups is 2. The summed E-state index contributed by atoms with van der Waals surface area (Å²) in [6.07, 6.45) is 1.82. The maximum atomic E-state index is 13.9. The Labute approximate surface area is 146 Å². The Morgan fingerprint density at radius 3 is 2.60 bits per heavy atom. The van der Waals surface area contributed by atoms with Gasteiger partial charge in [0.25, 0.3) is 5.91 Å². The summed E-state index contributed by atoms with van der Waals surface area (Å²) in [5.74, 6) is -1.18. The Kier molecular flexibility index (Phi) is 5.90. The lowest BCUT2D eigenvalue weighted by atomic mass is 10.0. The molecule has 25 heavy (non-hydrogen) atoms. The number of methoxy groups -OCH3 is 1. The minimum atomic E-state index is -0.742. The SMILES string of the molecule is COC(=O)C(CC(C)C)NC(=O)c1cnn(-c2ccccc2F)c1C. The molecule has 0 saturated heterocycles. The van der Waals surface area contributed by atoms with E-state index in [-0.39, 0.29) is 17.2 Å². The highest BCUT2D eigenvalue weighted by Gasteiger charge is 2.25. The van der Waals surface area contributed by atoms with Gasteiger partial charge in [0, 0.05) is 0 Å². The average molecular weight is 347 g/mol. The molecule has 0 aliphatic carbocycles. The minimum Gasteiger partial charge on any atom is -0.467 e. The summed E-state index contributed by atoms with van der Waals surface area (Å²) in [5, 5.41) is 6.78. The highest BCUT2D eigenvalue weighted by molar-refractivity contribution is 5.97. The van der Waals surface area contributed by atoms with Crippen LogP contribution in [0.5, 0.6) is 0 Å². The standard InChI is InChI=1S/C18H22FN3O3/c1-11(2)9-15(18(24)25-4)21-17(23)13-10-20-22(12(13)3)16-8-6-5-7-14(16)19/h5-8,10-11,15H,9H2,1-4H3,(H,21,23). The molecule has 0 spiro atoms. The smallest absolute Gasteiger partial charge is 0.328 e. The molecule has 6 nitrogen and oxygen atoms in total. The van der Waals surface area contributed by atoms with Crippen molar-refractivity contribution in [2.24, 2.45) is 5.92 Å². The monoisotopic (exact) mass is 347 g/mol. The molecule has 0 saturated carbocycles. The normalized spacial score (nSPS) is 12.1. The molecule has 0 bridgehead atoms. The molecule has 1 atom stereocenters. The summed E-state index contributed by atoms with van der Waals surface area (Å²) in [6.45, 7) is 5.57. The number of hydrogen-bond donors (Lipinski definition) is 1. The first-order valence-corrected chi connectivity index (χ1v) is 8.03. The summed E-state index contributed by atoms with van der Waals surface area (Å²) in [6, 6.07) is 5.43. The molecule has 1 unspecified atom stereocenters. The van der Waals surface area contributed by atoms with Crippen LogP contribution in [0.15, 0.2) is 30.5 Å². The molecule has 1 aromatic heterocycles. The molecular formula is C18H22FN3O3. The molecule has 0 aliphatic rings. The van der Waals surface area contributed by atoms with Gasteiger partial charge in [-0.3, -0.25) is 4.79 Å². The maximum Gasteiger partial charge on any atom is 0.328 e. The van der Waals surface area contributed by atoms with Gasteiger partial charge < -0.3 is 10.1 Å². The second kappa shape index (κ2) is 7.92. The van der Waals surface area contributed by atoms with Crippen molar-refractivity contribution in [2.75, 3.05) is 7.11 Å². The summed E-state index contributed by atoms with van der Waals surface area (Å²) in [4.78, 5) is 24.4. The Morgan fingerprint density at radius 2 is 2.00 bits per heavy atom. The number of hydrogen-bond acceptors (Lipinski definition) is 4. The van der Waals surface area contributed by atoms with Crippen molar-refractivity contribution in [2.45, 2.75) is 33.2 Å². The zero-order valence-corrected chi connectivity index (χ0v) is 14.7. The number of ether oxygens (including phenoxy) is 1. The number of para-hydroxylation sites is 1. The lowest BCUT2D eigenvalue weighted by Gasteiger charge is -2.18. The van der Waals surface area contributed by atoms with E-state index in [9.17, 15) is 14.0 Å². The molecule has 0 fully saturated rings. The number of rotatable bonds is 6. The van der Waals surface area contributed by atoms with Gasteiger partial charge in [-0.1, -0.05) is 26.0 Å². The van der Waals surface area contributed by atoms with E-state index >= 15 is 0 Å². The van der Waals surface area contributed by atoms with E-state index in [1.807, 2.05) is 13.8 Å². The molecule has 2 aromatic rings. The van der Waals surface area contributed by atoms with Crippen molar-refractivity contribution >= 4 is 11.9 Å². The van der Waals surface area contributed by atoms with Gasteiger partial charge >= 0.3 is 5.97 Å². The Morgan fingerprint density at radius 1 is 1.32 bits per heavy atom. The zero-order valence-electron chi connectivity index (χ0n) is 14.7. The number of nitrogens with one attached hydrogen (secondary N) is 1. The fourth-order valence-corrected chi connectivity index (χ4v) is 2.56. The summed E-state index contributed by atoms with van der Waals surface area (Å²) >= 11 is 0. The molecule has 2 rings (SSSR count). The predicted molar refractivity (Wildman–Crippen MR) is 91.0 cm³/mol. The number of carbonyl (C=O) groups excluding carboxylic acids is 2. The number of benzene rings is 1. The Bertz CT molecular complexity index is 771. The van der Waals surface area contributed by atoms with Gasteiger partial charge in [0.15, 0.2) is 0 Å². The minimum absolute atomic E-state index is 0.201. The number of aromatic nitrogens is 2. The van der Waals surface area contributed by atoms with Gasteiger partial charge in [-0.15, -0.1) is 0 Å². The van der Waals surface area contributed by atoms with E-state index in [2.05, 4.69) is 10.4 Å². The van der Waals surface area contributed by atoms with Crippen LogP contribution in [0.25, 0.3) is 5.69 Å². The topological polar surface area (TPSA) is 73.2 Å². The molecule has 1 heterocycles. The van der Waals surface area contributed by atoms with Crippen LogP contribution in [0.4, 0.5) is 4.39 Å². The number of esters is 1. The first-order chi connectivity index (χ1) is 11.8. The summed E-state index contributed by atoms with van der Waals surface area (Å²) in [7, 11) is 1.28. The lowest BCUT2D eigenvalue weighted by Crippen LogP contribution is -2.42. The molecular weight excluding hydrogens is 325 g/mol. The third-order valence-electron chi connectivity index (χ3n) is 3.83. The number of nitrogens with zero attached hydrogens (tertiary/aromatic N) is 2. The van der Waals surface area contributed by atoms with Crippen molar-refractivity contribution < 1.29 is 18.7 Å². The fraction of sp³-hybridized carbons (Fsp3) is 0.389. The fourth-order valence-electron chi connectivity index (χ4n) is 2.56. The third kappa shape index (κ3) is 4.23. The molecule has 1 aromatic carbocycles. The average Bonchev–Trinajstić information content (AvgIpc) is 2.95. The van der Waals surface area contributed by atoms with Crippen molar-refractivity contribution in [1.29, 1.82) is 0 Å². The highest BCUT2D eigenvalue weighted by Crippen LogP contribution is 2.17. The lowest BCUT2D eigenvalue weighted by molar-refractivity contribution is -0.143. The quantitative estimate of drug-likeness (QED) is 0.816. The van der Waals surface area contributed by atoms with Crippen molar-refractivity contribution in [3.8, 4) is 5.69 Å². The summed E-state index contributed by atoms with van der Waals surface area (Å²) in [5.41, 5.74) is 1.02. The highest BCUT2D eigenvalue weighted by atomic mass is 19.1. The van der Waals surface area contributed by atoms with Gasteiger partial charge in [0.05, 0.1) is 24.6 Å². The second-order valence-corrected chi connectivity index (χ2v) is 6.19. The molecule has 134 valence electrons. The van der Waals surface area contributed by atoms with Crippen LogP contribution in [0, 0.1) is 18.7 Å². The molecule has 1 N–H and O–H groups in total. The van der Waals surface area contributed by atoms with Crippen molar-refractivity contribution in [3.63, 3.8) is 0 Å². The predicted octanol–water partition coefficient (Wildman–Crippen LogP) is 2.64. The Hall–Kier alpha value is -2.70. The van der Waals surface area contributed by atoms with Gasteiger partial charge in [-0.05, 0) is 31.4 Å². The van der Waals surface area contributed by atoms with Gasteiger partial charge in [-0.2, -0.15) is 5.10 Å². The third-order valence-corrected chi connectivity index (χ3v) is 3.83. The maximum absolute atomic E-state index is 13.9. The van der Waals surface area contributed by atoms with E-state index in [1.165, 1.54) is 24.1 Å². The number of amides is 1.